The number of hydrogen-bond donors (Lipinski definition) is 1. The highest BCUT2D eigenvalue weighted by molar-refractivity contribution is 7.18. The second-order valence-corrected chi connectivity index (χ2v) is 7.88. The number of hydrogen-bond acceptors (Lipinski definition) is 8. The van der Waals surface area contributed by atoms with Gasteiger partial charge in [0.15, 0.2) is 5.82 Å². The number of piperazine rings is 1. The Labute approximate surface area is 160 Å². The summed E-state index contributed by atoms with van der Waals surface area (Å²) in [5, 5.41) is 12.2. The van der Waals surface area contributed by atoms with E-state index in [0.717, 1.165) is 47.9 Å². The van der Waals surface area contributed by atoms with Gasteiger partial charge in [-0.15, -0.1) is 21.5 Å². The van der Waals surface area contributed by atoms with Crippen LogP contribution in [0.1, 0.15) is 17.6 Å². The molecule has 3 aromatic rings. The van der Waals surface area contributed by atoms with Crippen molar-refractivity contribution in [3.05, 3.63) is 23.1 Å². The quantitative estimate of drug-likeness (QED) is 0.714. The third kappa shape index (κ3) is 2.89. The zero-order valence-corrected chi connectivity index (χ0v) is 15.9. The number of anilines is 2. The summed E-state index contributed by atoms with van der Waals surface area (Å²) < 4.78 is 2.08. The summed E-state index contributed by atoms with van der Waals surface area (Å²) in [5.41, 5.74) is 0. The normalized spacial score (nSPS) is 17.3. The van der Waals surface area contributed by atoms with E-state index in [2.05, 4.69) is 38.0 Å². The van der Waals surface area contributed by atoms with Crippen LogP contribution in [-0.4, -0.2) is 56.8 Å². The van der Waals surface area contributed by atoms with Gasteiger partial charge in [0.05, 0.1) is 18.5 Å². The first kappa shape index (κ1) is 16.4. The van der Waals surface area contributed by atoms with Gasteiger partial charge in [0.1, 0.15) is 17.0 Å². The van der Waals surface area contributed by atoms with Gasteiger partial charge >= 0.3 is 0 Å². The molecule has 10 heteroatoms. The molecule has 2 aliphatic heterocycles. The van der Waals surface area contributed by atoms with Crippen LogP contribution < -0.4 is 15.1 Å². The van der Waals surface area contributed by atoms with Crippen LogP contribution >= 0.6 is 11.3 Å². The van der Waals surface area contributed by atoms with E-state index in [1.807, 2.05) is 4.90 Å². The fourth-order valence-corrected chi connectivity index (χ4v) is 4.52. The molecule has 5 heterocycles. The van der Waals surface area contributed by atoms with Crippen LogP contribution in [0.2, 0.25) is 0 Å². The number of amides is 1. The molecule has 2 aliphatic rings. The van der Waals surface area contributed by atoms with Crippen molar-refractivity contribution in [2.24, 2.45) is 0 Å². The van der Waals surface area contributed by atoms with Crippen LogP contribution in [-0.2, 0) is 24.3 Å². The third-order valence-corrected chi connectivity index (χ3v) is 6.19. The molecule has 9 nitrogen and oxygen atoms in total. The highest BCUT2D eigenvalue weighted by atomic mass is 32.1. The van der Waals surface area contributed by atoms with Gasteiger partial charge in [-0.3, -0.25) is 4.79 Å². The van der Waals surface area contributed by atoms with Crippen molar-refractivity contribution in [1.82, 2.24) is 30.0 Å². The largest absolute Gasteiger partial charge is 0.353 e. The summed E-state index contributed by atoms with van der Waals surface area (Å²) in [4.78, 5) is 28.0. The molecule has 3 aromatic heterocycles. The highest BCUT2D eigenvalue weighted by Gasteiger charge is 2.25. The molecular weight excluding hydrogens is 364 g/mol. The molecule has 0 saturated carbocycles. The minimum Gasteiger partial charge on any atom is -0.353 e. The van der Waals surface area contributed by atoms with Crippen molar-refractivity contribution < 1.29 is 4.79 Å². The number of aryl methyl sites for hydroxylation is 1. The molecule has 0 aliphatic carbocycles. The molecule has 1 amide bonds. The van der Waals surface area contributed by atoms with Crippen molar-refractivity contribution in [3.63, 3.8) is 0 Å². The molecule has 27 heavy (non-hydrogen) atoms. The smallest absolute Gasteiger partial charge is 0.239 e. The number of rotatable bonds is 3. The summed E-state index contributed by atoms with van der Waals surface area (Å²) in [7, 11) is 0. The maximum absolute atomic E-state index is 11.8. The number of thiophene rings is 1. The lowest BCUT2D eigenvalue weighted by Gasteiger charge is -2.31. The van der Waals surface area contributed by atoms with Gasteiger partial charge in [-0.1, -0.05) is 6.92 Å². The minimum absolute atomic E-state index is 0.0120. The van der Waals surface area contributed by atoms with E-state index in [4.69, 9.17) is 9.97 Å². The van der Waals surface area contributed by atoms with Crippen LogP contribution in [0, 0.1) is 0 Å². The zero-order chi connectivity index (χ0) is 18.4. The molecule has 1 N–H and O–H groups in total. The van der Waals surface area contributed by atoms with Gasteiger partial charge in [-0.25, -0.2) is 4.98 Å². The SMILES string of the molecule is CCc1cc2c(N3CCn4cnnc4C3)nc(N3CCNC(=O)C3)nc2s1. The molecule has 0 radical (unpaired) electrons. The number of carbonyl (C=O) groups is 1. The standard InChI is InChI=1S/C17H20N8OS/c1-2-11-7-12-15(23-5-6-25-10-19-22-13(25)8-23)20-17(21-16(12)27-11)24-4-3-18-14(26)9-24/h7,10H,2-6,8-9H2,1H3,(H,18,26). The highest BCUT2D eigenvalue weighted by Crippen LogP contribution is 2.34. The van der Waals surface area contributed by atoms with E-state index in [1.165, 1.54) is 4.88 Å². The summed E-state index contributed by atoms with van der Waals surface area (Å²) in [5.74, 6) is 2.51. The fraction of sp³-hybridized carbons (Fsp3) is 0.471. The van der Waals surface area contributed by atoms with E-state index in [1.54, 1.807) is 17.7 Å². The lowest BCUT2D eigenvalue weighted by molar-refractivity contribution is -0.120. The van der Waals surface area contributed by atoms with Crippen molar-refractivity contribution in [1.29, 1.82) is 0 Å². The summed E-state index contributed by atoms with van der Waals surface area (Å²) in [6.45, 7) is 6.13. The Hall–Kier alpha value is -2.75. The first-order chi connectivity index (χ1) is 13.2. The molecule has 1 fully saturated rings. The molecular formula is C17H20N8OS. The van der Waals surface area contributed by atoms with Gasteiger partial charge in [-0.05, 0) is 12.5 Å². The number of fused-ring (bicyclic) bond motifs is 2. The van der Waals surface area contributed by atoms with Crippen LogP contribution in [0.15, 0.2) is 12.4 Å². The number of nitrogens with zero attached hydrogens (tertiary/aromatic N) is 7. The van der Waals surface area contributed by atoms with Crippen LogP contribution in [0.25, 0.3) is 10.2 Å². The molecule has 0 aromatic carbocycles. The van der Waals surface area contributed by atoms with Crippen molar-refractivity contribution in [3.8, 4) is 0 Å². The number of nitrogens with one attached hydrogen (secondary N) is 1. The molecule has 0 bridgehead atoms. The second kappa shape index (κ2) is 6.45. The lowest BCUT2D eigenvalue weighted by Crippen LogP contribution is -2.48. The van der Waals surface area contributed by atoms with E-state index >= 15 is 0 Å². The predicted octanol–water partition coefficient (Wildman–Crippen LogP) is 0.802. The zero-order valence-electron chi connectivity index (χ0n) is 15.1. The maximum atomic E-state index is 11.8. The van der Waals surface area contributed by atoms with E-state index in [-0.39, 0.29) is 5.91 Å². The maximum Gasteiger partial charge on any atom is 0.239 e. The molecule has 0 atom stereocenters. The van der Waals surface area contributed by atoms with Gasteiger partial charge in [0, 0.05) is 31.1 Å². The van der Waals surface area contributed by atoms with Crippen molar-refractivity contribution in [2.75, 3.05) is 36.0 Å². The van der Waals surface area contributed by atoms with Crippen LogP contribution in [0.5, 0.6) is 0 Å². The monoisotopic (exact) mass is 384 g/mol. The third-order valence-electron chi connectivity index (χ3n) is 5.02. The minimum atomic E-state index is 0.0120. The van der Waals surface area contributed by atoms with Gasteiger partial charge < -0.3 is 19.7 Å². The number of aromatic nitrogens is 5. The number of carbonyl (C=O) groups excluding carboxylic acids is 1. The van der Waals surface area contributed by atoms with Gasteiger partial charge in [-0.2, -0.15) is 4.98 Å². The predicted molar refractivity (Wildman–Crippen MR) is 103 cm³/mol. The van der Waals surface area contributed by atoms with E-state index in [0.29, 0.717) is 25.6 Å². The van der Waals surface area contributed by atoms with Crippen molar-refractivity contribution in [2.45, 2.75) is 26.4 Å². The van der Waals surface area contributed by atoms with Crippen LogP contribution in [0.4, 0.5) is 11.8 Å². The Morgan fingerprint density at radius 2 is 2.11 bits per heavy atom. The van der Waals surface area contributed by atoms with E-state index < -0.39 is 0 Å². The van der Waals surface area contributed by atoms with E-state index in [9.17, 15) is 4.79 Å². The average Bonchev–Trinajstić information content (AvgIpc) is 3.32. The molecule has 0 unspecified atom stereocenters. The molecule has 0 spiro atoms. The van der Waals surface area contributed by atoms with Crippen molar-refractivity contribution >= 4 is 39.2 Å². The van der Waals surface area contributed by atoms with Gasteiger partial charge in [0.25, 0.3) is 0 Å². The lowest BCUT2D eigenvalue weighted by atomic mass is 10.2. The topological polar surface area (TPSA) is 92.1 Å². The molecule has 5 rings (SSSR count). The van der Waals surface area contributed by atoms with Gasteiger partial charge in [0.2, 0.25) is 11.9 Å². The Kier molecular flexibility index (Phi) is 3.92. The van der Waals surface area contributed by atoms with Crippen LogP contribution in [0.3, 0.4) is 0 Å². The Morgan fingerprint density at radius 3 is 2.96 bits per heavy atom. The Morgan fingerprint density at radius 1 is 1.19 bits per heavy atom. The first-order valence-corrected chi connectivity index (χ1v) is 9.96. The average molecular weight is 384 g/mol. The molecule has 140 valence electrons. The summed E-state index contributed by atoms with van der Waals surface area (Å²) in [6.07, 6.45) is 2.75. The summed E-state index contributed by atoms with van der Waals surface area (Å²) in [6, 6.07) is 2.20. The first-order valence-electron chi connectivity index (χ1n) is 9.15. The Bertz CT molecular complexity index is 1010. The Balaban J connectivity index is 1.59. The molecule has 1 saturated heterocycles. The fourth-order valence-electron chi connectivity index (χ4n) is 3.56. The summed E-state index contributed by atoms with van der Waals surface area (Å²) >= 11 is 1.70. The second-order valence-electron chi connectivity index (χ2n) is 6.77.